The topological polar surface area (TPSA) is 72.8 Å². The largest absolute Gasteiger partial charge is 0.460 e. The van der Waals surface area contributed by atoms with Gasteiger partial charge in [-0.2, -0.15) is 5.10 Å². The number of carbonyl (C=O) groups excluding carboxylic acids is 1. The van der Waals surface area contributed by atoms with Crippen LogP contribution in [0.15, 0.2) is 21.3 Å². The van der Waals surface area contributed by atoms with E-state index in [9.17, 15) is 9.59 Å². The van der Waals surface area contributed by atoms with Gasteiger partial charge in [-0.15, -0.1) is 0 Å². The summed E-state index contributed by atoms with van der Waals surface area (Å²) in [6.45, 7) is 7.40. The summed E-state index contributed by atoms with van der Waals surface area (Å²) in [4.78, 5) is 27.1. The maximum Gasteiger partial charge on any atom is 0.291 e. The van der Waals surface area contributed by atoms with Crippen molar-refractivity contribution in [3.8, 4) is 0 Å². The third-order valence-corrected chi connectivity index (χ3v) is 5.08. The molecule has 25 heavy (non-hydrogen) atoms. The van der Waals surface area contributed by atoms with Crippen LogP contribution in [0, 0.1) is 19.8 Å². The molecule has 0 aromatic carbocycles. The van der Waals surface area contributed by atoms with Gasteiger partial charge in [0.25, 0.3) is 5.56 Å². The summed E-state index contributed by atoms with van der Waals surface area (Å²) in [7, 11) is 0. The van der Waals surface area contributed by atoms with E-state index in [-0.39, 0.29) is 18.0 Å². The van der Waals surface area contributed by atoms with E-state index in [0.717, 1.165) is 37.2 Å². The highest BCUT2D eigenvalue weighted by Crippen LogP contribution is 2.23. The Hall–Kier alpha value is -2.57. The molecule has 1 amide bonds. The normalized spacial score (nSPS) is 16.2. The van der Waals surface area contributed by atoms with Crippen molar-refractivity contribution in [1.82, 2.24) is 19.1 Å². The second-order valence-electron chi connectivity index (χ2n) is 7.04. The first-order valence-corrected chi connectivity index (χ1v) is 8.71. The lowest BCUT2D eigenvalue weighted by Gasteiger charge is -2.30. The minimum Gasteiger partial charge on any atom is -0.460 e. The zero-order chi connectivity index (χ0) is 17.7. The average Bonchev–Trinajstić information content (AvgIpc) is 3.09. The predicted octanol–water partition coefficient (Wildman–Crippen LogP) is 2.12. The molecule has 0 bridgehead atoms. The van der Waals surface area contributed by atoms with Crippen molar-refractivity contribution in [3.63, 3.8) is 0 Å². The van der Waals surface area contributed by atoms with E-state index in [1.807, 2.05) is 24.8 Å². The molecule has 0 unspecified atom stereocenters. The molecule has 132 valence electrons. The van der Waals surface area contributed by atoms with E-state index >= 15 is 0 Å². The summed E-state index contributed by atoms with van der Waals surface area (Å²) >= 11 is 0. The lowest BCUT2D eigenvalue weighted by Crippen LogP contribution is -2.42. The summed E-state index contributed by atoms with van der Waals surface area (Å²) in [6, 6.07) is 3.61. The molecule has 1 aliphatic heterocycles. The standard InChI is InChI=1S/C18H22N4O3/c1-11-4-6-20(7-5-11)17(23)10-21-18(24)15-9-16-14(8-12(2)25-16)22(15)13(3)19-21/h8-9,11H,4-7,10H2,1-3H3. The molecule has 4 rings (SSSR count). The Labute approximate surface area is 144 Å². The van der Waals surface area contributed by atoms with Gasteiger partial charge in [0.1, 0.15) is 23.6 Å². The molecule has 4 heterocycles. The number of furan rings is 1. The number of amides is 1. The highest BCUT2D eigenvalue weighted by Gasteiger charge is 2.22. The molecular formula is C18H22N4O3. The highest BCUT2D eigenvalue weighted by atomic mass is 16.3. The van der Waals surface area contributed by atoms with Crippen molar-refractivity contribution in [3.05, 3.63) is 34.1 Å². The Balaban J connectivity index is 1.69. The number of hydrogen-bond acceptors (Lipinski definition) is 4. The summed E-state index contributed by atoms with van der Waals surface area (Å²) in [5.41, 5.74) is 1.71. The lowest BCUT2D eigenvalue weighted by atomic mass is 9.99. The SMILES string of the molecule is Cc1cc2c(cc3c(=O)n(CC(=O)N4CCC(C)CC4)nc(C)n32)o1. The molecule has 7 nitrogen and oxygen atoms in total. The van der Waals surface area contributed by atoms with Gasteiger partial charge in [0, 0.05) is 25.2 Å². The third-order valence-electron chi connectivity index (χ3n) is 5.08. The summed E-state index contributed by atoms with van der Waals surface area (Å²) < 4.78 is 8.68. The Bertz CT molecular complexity index is 1020. The van der Waals surface area contributed by atoms with Crippen LogP contribution in [-0.4, -0.2) is 38.1 Å². The van der Waals surface area contributed by atoms with Crippen LogP contribution >= 0.6 is 0 Å². The first-order chi connectivity index (χ1) is 11.9. The van der Waals surface area contributed by atoms with E-state index in [1.165, 1.54) is 4.68 Å². The van der Waals surface area contributed by atoms with E-state index in [2.05, 4.69) is 12.0 Å². The molecule has 0 saturated carbocycles. The van der Waals surface area contributed by atoms with Crippen molar-refractivity contribution in [1.29, 1.82) is 0 Å². The number of nitrogens with zero attached hydrogens (tertiary/aromatic N) is 4. The Morgan fingerprint density at radius 2 is 1.96 bits per heavy atom. The second kappa shape index (κ2) is 5.75. The van der Waals surface area contributed by atoms with Crippen molar-refractivity contribution in [2.75, 3.05) is 13.1 Å². The highest BCUT2D eigenvalue weighted by molar-refractivity contribution is 5.83. The van der Waals surface area contributed by atoms with Crippen LogP contribution in [0.3, 0.4) is 0 Å². The third kappa shape index (κ3) is 2.63. The number of aromatic nitrogens is 3. The molecule has 1 aliphatic rings. The van der Waals surface area contributed by atoms with Gasteiger partial charge in [-0.05, 0) is 32.6 Å². The van der Waals surface area contributed by atoms with Gasteiger partial charge in [-0.3, -0.25) is 14.0 Å². The fraction of sp³-hybridized carbons (Fsp3) is 0.500. The maximum absolute atomic E-state index is 12.8. The quantitative estimate of drug-likeness (QED) is 0.715. The predicted molar refractivity (Wildman–Crippen MR) is 93.7 cm³/mol. The summed E-state index contributed by atoms with van der Waals surface area (Å²) in [5.74, 6) is 2.06. The molecule has 0 aliphatic carbocycles. The first-order valence-electron chi connectivity index (χ1n) is 8.71. The van der Waals surface area contributed by atoms with E-state index < -0.39 is 0 Å². The fourth-order valence-corrected chi connectivity index (χ4v) is 3.61. The molecule has 3 aromatic rings. The van der Waals surface area contributed by atoms with Gasteiger partial charge >= 0.3 is 0 Å². The van der Waals surface area contributed by atoms with Crippen LogP contribution in [0.1, 0.15) is 31.4 Å². The van der Waals surface area contributed by atoms with Crippen LogP contribution in [-0.2, 0) is 11.3 Å². The summed E-state index contributed by atoms with van der Waals surface area (Å²) in [6.07, 6.45) is 2.03. The molecule has 7 heteroatoms. The maximum atomic E-state index is 12.8. The number of rotatable bonds is 2. The molecular weight excluding hydrogens is 320 g/mol. The average molecular weight is 342 g/mol. The fourth-order valence-electron chi connectivity index (χ4n) is 3.61. The first kappa shape index (κ1) is 15.9. The zero-order valence-corrected chi connectivity index (χ0v) is 14.8. The summed E-state index contributed by atoms with van der Waals surface area (Å²) in [5, 5.41) is 4.36. The lowest BCUT2D eigenvalue weighted by molar-refractivity contribution is -0.133. The van der Waals surface area contributed by atoms with Crippen molar-refractivity contribution >= 4 is 22.5 Å². The molecule has 3 aromatic heterocycles. The minimum atomic E-state index is -0.270. The minimum absolute atomic E-state index is 0.0177. The number of hydrogen-bond donors (Lipinski definition) is 0. The van der Waals surface area contributed by atoms with Gasteiger partial charge in [-0.1, -0.05) is 6.92 Å². The molecule has 0 spiro atoms. The second-order valence-corrected chi connectivity index (χ2v) is 7.04. The van der Waals surface area contributed by atoms with Crippen molar-refractivity contribution in [2.45, 2.75) is 40.2 Å². The van der Waals surface area contributed by atoms with Crippen LogP contribution in [0.2, 0.25) is 0 Å². The molecule has 0 radical (unpaired) electrons. The number of likely N-dealkylation sites (tertiary alicyclic amines) is 1. The van der Waals surface area contributed by atoms with Crippen LogP contribution in [0.4, 0.5) is 0 Å². The number of piperidine rings is 1. The van der Waals surface area contributed by atoms with Crippen LogP contribution in [0.25, 0.3) is 16.6 Å². The number of carbonyl (C=O) groups is 1. The van der Waals surface area contributed by atoms with Crippen LogP contribution < -0.4 is 5.56 Å². The molecule has 1 fully saturated rings. The Morgan fingerprint density at radius 3 is 2.68 bits per heavy atom. The number of fused-ring (bicyclic) bond motifs is 3. The van der Waals surface area contributed by atoms with Gasteiger partial charge < -0.3 is 9.32 Å². The van der Waals surface area contributed by atoms with E-state index in [0.29, 0.717) is 22.8 Å². The van der Waals surface area contributed by atoms with E-state index in [4.69, 9.17) is 4.42 Å². The van der Waals surface area contributed by atoms with Gasteiger partial charge in [0.05, 0.1) is 5.52 Å². The number of aryl methyl sites for hydroxylation is 2. The zero-order valence-electron chi connectivity index (χ0n) is 14.8. The van der Waals surface area contributed by atoms with Gasteiger partial charge in [0.15, 0.2) is 5.58 Å². The monoisotopic (exact) mass is 342 g/mol. The molecule has 1 saturated heterocycles. The van der Waals surface area contributed by atoms with E-state index in [1.54, 1.807) is 10.5 Å². The van der Waals surface area contributed by atoms with Gasteiger partial charge in [-0.25, -0.2) is 4.68 Å². The van der Waals surface area contributed by atoms with Crippen LogP contribution in [0.5, 0.6) is 0 Å². The molecule has 0 N–H and O–H groups in total. The Kier molecular flexibility index (Phi) is 3.67. The smallest absolute Gasteiger partial charge is 0.291 e. The van der Waals surface area contributed by atoms with Crippen molar-refractivity contribution < 1.29 is 9.21 Å². The molecule has 0 atom stereocenters. The van der Waals surface area contributed by atoms with Gasteiger partial charge in [0.2, 0.25) is 5.91 Å². The Morgan fingerprint density at radius 1 is 1.24 bits per heavy atom. The van der Waals surface area contributed by atoms with Crippen molar-refractivity contribution in [2.24, 2.45) is 5.92 Å².